The molecule has 0 aromatic rings. The summed E-state index contributed by atoms with van der Waals surface area (Å²) in [6, 6.07) is 0. The maximum Gasteiger partial charge on any atom is 0.306 e. The lowest BCUT2D eigenvalue weighted by Crippen LogP contribution is -2.52. The van der Waals surface area contributed by atoms with Gasteiger partial charge in [0, 0.05) is 18.9 Å². The van der Waals surface area contributed by atoms with Crippen LogP contribution in [-0.2, 0) is 23.4 Å². The van der Waals surface area contributed by atoms with Gasteiger partial charge in [0.25, 0.3) is 0 Å². The topological polar surface area (TPSA) is 74.2 Å². The highest BCUT2D eigenvalue weighted by Crippen LogP contribution is 2.76. The number of carbonyl (C=O) groups is 1. The highest BCUT2D eigenvalue weighted by Gasteiger charge is 2.85. The molecule has 2 saturated carbocycles. The first-order chi connectivity index (χ1) is 11.8. The Balaban J connectivity index is 1.92. The van der Waals surface area contributed by atoms with Gasteiger partial charge in [-0.25, -0.2) is 0 Å². The van der Waals surface area contributed by atoms with Crippen LogP contribution in [0.2, 0.25) is 18.1 Å². The summed E-state index contributed by atoms with van der Waals surface area (Å²) in [5.74, 6) is -0.222. The molecule has 0 amide bonds. The van der Waals surface area contributed by atoms with E-state index in [1.165, 1.54) is 0 Å². The van der Waals surface area contributed by atoms with E-state index >= 15 is 0 Å². The fraction of sp³-hybridized carbons (Fsp3) is 0.947. The number of aliphatic hydroxyl groups is 1. The zero-order valence-electron chi connectivity index (χ0n) is 17.2. The molecule has 5 atom stereocenters. The second-order valence-corrected chi connectivity index (χ2v) is 14.6. The van der Waals surface area contributed by atoms with Crippen LogP contribution in [0.5, 0.6) is 0 Å². The predicted octanol–water partition coefficient (Wildman–Crippen LogP) is 2.99. The van der Waals surface area contributed by atoms with Gasteiger partial charge < -0.3 is 23.7 Å². The van der Waals surface area contributed by atoms with E-state index in [1.807, 2.05) is 6.92 Å². The van der Waals surface area contributed by atoms with E-state index < -0.39 is 37.3 Å². The van der Waals surface area contributed by atoms with Crippen molar-refractivity contribution in [3.8, 4) is 0 Å². The zero-order valence-corrected chi connectivity index (χ0v) is 18.2. The lowest BCUT2D eigenvalue weighted by Gasteiger charge is -2.42. The molecule has 3 rings (SSSR count). The number of carbonyl (C=O) groups excluding carboxylic acids is 1. The van der Waals surface area contributed by atoms with Crippen molar-refractivity contribution in [2.75, 3.05) is 13.7 Å². The second kappa shape index (κ2) is 6.01. The summed E-state index contributed by atoms with van der Waals surface area (Å²) < 4.78 is 23.5. The van der Waals surface area contributed by atoms with Crippen molar-refractivity contribution < 1.29 is 28.5 Å². The number of methoxy groups -OCH3 is 1. The first-order valence-corrected chi connectivity index (χ1v) is 12.5. The van der Waals surface area contributed by atoms with Gasteiger partial charge in [-0.15, -0.1) is 0 Å². The molecular formula is C19H34O6Si. The molecule has 1 N–H and O–H groups in total. The molecule has 1 aliphatic heterocycles. The van der Waals surface area contributed by atoms with Crippen molar-refractivity contribution in [3.05, 3.63) is 0 Å². The molecule has 150 valence electrons. The van der Waals surface area contributed by atoms with Gasteiger partial charge in [-0.3, -0.25) is 4.79 Å². The lowest BCUT2D eigenvalue weighted by molar-refractivity contribution is -0.155. The Morgan fingerprint density at radius 2 is 1.96 bits per heavy atom. The average Bonchev–Trinajstić information content (AvgIpc) is 2.81. The molecule has 0 aromatic heterocycles. The second-order valence-electron chi connectivity index (χ2n) is 9.86. The highest BCUT2D eigenvalue weighted by atomic mass is 28.4. The van der Waals surface area contributed by atoms with Crippen LogP contribution in [0.15, 0.2) is 0 Å². The SMILES string of the molecule is CCOC(=O)C[C@]12C[C@]3(O)C[C@H](OC)OC3[C@@]1(O[Si](C)(C)C(C)(C)C)C2. The minimum Gasteiger partial charge on any atom is -0.466 e. The highest BCUT2D eigenvalue weighted by molar-refractivity contribution is 6.74. The summed E-state index contributed by atoms with van der Waals surface area (Å²) in [6.07, 6.45) is 1.04. The summed E-state index contributed by atoms with van der Waals surface area (Å²) in [4.78, 5) is 12.3. The van der Waals surface area contributed by atoms with Crippen LogP contribution in [0.4, 0.5) is 0 Å². The average molecular weight is 387 g/mol. The first kappa shape index (κ1) is 20.3. The molecule has 3 fully saturated rings. The van der Waals surface area contributed by atoms with Crippen molar-refractivity contribution in [1.82, 2.24) is 0 Å². The maximum atomic E-state index is 12.3. The van der Waals surface area contributed by atoms with E-state index in [2.05, 4.69) is 33.9 Å². The summed E-state index contributed by atoms with van der Waals surface area (Å²) in [6.45, 7) is 13.2. The molecule has 1 unspecified atom stereocenters. The third-order valence-corrected chi connectivity index (χ3v) is 11.5. The molecule has 7 heteroatoms. The van der Waals surface area contributed by atoms with Crippen molar-refractivity contribution in [3.63, 3.8) is 0 Å². The molecule has 1 saturated heterocycles. The largest absolute Gasteiger partial charge is 0.466 e. The van der Waals surface area contributed by atoms with E-state index in [0.717, 1.165) is 6.42 Å². The Labute approximate surface area is 157 Å². The van der Waals surface area contributed by atoms with E-state index in [4.69, 9.17) is 18.6 Å². The third-order valence-electron chi connectivity index (χ3n) is 7.03. The van der Waals surface area contributed by atoms with Gasteiger partial charge in [-0.1, -0.05) is 20.8 Å². The van der Waals surface area contributed by atoms with E-state index in [-0.39, 0.29) is 17.4 Å². The smallest absolute Gasteiger partial charge is 0.306 e. The Kier molecular flexibility index (Phi) is 4.68. The number of hydrogen-bond donors (Lipinski definition) is 1. The van der Waals surface area contributed by atoms with Crippen LogP contribution in [-0.4, -0.2) is 56.7 Å². The van der Waals surface area contributed by atoms with Crippen LogP contribution >= 0.6 is 0 Å². The molecule has 0 aromatic carbocycles. The minimum absolute atomic E-state index is 0.0278. The predicted molar refractivity (Wildman–Crippen MR) is 99.2 cm³/mol. The number of hydrogen-bond acceptors (Lipinski definition) is 6. The Bertz CT molecular complexity index is 587. The van der Waals surface area contributed by atoms with Crippen molar-refractivity contribution >= 4 is 14.3 Å². The number of fused-ring (bicyclic) bond motifs is 3. The number of ether oxygens (including phenoxy) is 3. The monoisotopic (exact) mass is 386 g/mol. The zero-order chi connectivity index (χ0) is 19.6. The third kappa shape index (κ3) is 2.87. The Morgan fingerprint density at radius 1 is 1.31 bits per heavy atom. The summed E-state index contributed by atoms with van der Waals surface area (Å²) in [5.41, 5.74) is -2.02. The molecule has 3 aliphatic rings. The molecule has 0 radical (unpaired) electrons. The van der Waals surface area contributed by atoms with Gasteiger partial charge in [-0.2, -0.15) is 0 Å². The van der Waals surface area contributed by atoms with Gasteiger partial charge in [0.2, 0.25) is 0 Å². The molecule has 26 heavy (non-hydrogen) atoms. The summed E-state index contributed by atoms with van der Waals surface area (Å²) in [7, 11) is -0.534. The normalized spacial score (nSPS) is 41.7. The first-order valence-electron chi connectivity index (χ1n) is 9.61. The van der Waals surface area contributed by atoms with Gasteiger partial charge >= 0.3 is 5.97 Å². The summed E-state index contributed by atoms with van der Waals surface area (Å²) in [5, 5.41) is 11.3. The minimum atomic E-state index is -2.13. The van der Waals surface area contributed by atoms with Gasteiger partial charge in [0.1, 0.15) is 6.10 Å². The van der Waals surface area contributed by atoms with Crippen LogP contribution < -0.4 is 0 Å². The number of rotatable bonds is 6. The van der Waals surface area contributed by atoms with Gasteiger partial charge in [0.05, 0.1) is 24.2 Å². The van der Waals surface area contributed by atoms with Crippen LogP contribution in [0.3, 0.4) is 0 Å². The molecule has 0 spiro atoms. The van der Waals surface area contributed by atoms with Crippen molar-refractivity contribution in [2.24, 2.45) is 5.41 Å². The van der Waals surface area contributed by atoms with Crippen LogP contribution in [0.1, 0.15) is 53.4 Å². The Morgan fingerprint density at radius 3 is 2.50 bits per heavy atom. The fourth-order valence-electron chi connectivity index (χ4n) is 4.77. The summed E-state index contributed by atoms with van der Waals surface area (Å²) >= 11 is 0. The molecule has 1 heterocycles. The van der Waals surface area contributed by atoms with Gasteiger partial charge in [0.15, 0.2) is 14.6 Å². The fourth-order valence-corrected chi connectivity index (χ4v) is 6.38. The maximum absolute atomic E-state index is 12.3. The van der Waals surface area contributed by atoms with Crippen molar-refractivity contribution in [1.29, 1.82) is 0 Å². The van der Waals surface area contributed by atoms with E-state index in [9.17, 15) is 9.90 Å². The Hall–Kier alpha value is -0.473. The van der Waals surface area contributed by atoms with Gasteiger partial charge in [-0.05, 0) is 37.9 Å². The molecule has 2 aliphatic carbocycles. The van der Waals surface area contributed by atoms with Crippen LogP contribution in [0.25, 0.3) is 0 Å². The van der Waals surface area contributed by atoms with E-state index in [1.54, 1.807) is 7.11 Å². The molecule has 6 nitrogen and oxygen atoms in total. The van der Waals surface area contributed by atoms with Crippen LogP contribution in [0, 0.1) is 5.41 Å². The van der Waals surface area contributed by atoms with Crippen molar-refractivity contribution in [2.45, 2.75) is 95.1 Å². The van der Waals surface area contributed by atoms with E-state index in [0.29, 0.717) is 19.4 Å². The quantitative estimate of drug-likeness (QED) is 0.559. The molecule has 0 bridgehead atoms. The number of esters is 1. The molecular weight excluding hydrogens is 352 g/mol. The lowest BCUT2D eigenvalue weighted by atomic mass is 9.89. The standard InChI is InChI=1S/C19H34O6Si/c1-8-23-13(20)9-17-11-18(21)10-14(22-5)24-15(18)19(17,12-17)25-26(6,7)16(2,3)4/h14-15,21H,8-12H2,1-7H3/t14-,15?,17-,18-,19+/m1/s1.